The Bertz CT molecular complexity index is 936. The van der Waals surface area contributed by atoms with Crippen molar-refractivity contribution in [1.82, 2.24) is 14.5 Å². The van der Waals surface area contributed by atoms with E-state index >= 15 is 0 Å². The van der Waals surface area contributed by atoms with Gasteiger partial charge in [0, 0.05) is 29.6 Å². The van der Waals surface area contributed by atoms with Crippen LogP contribution < -0.4 is 0 Å². The van der Waals surface area contributed by atoms with E-state index in [1.807, 2.05) is 18.4 Å². The summed E-state index contributed by atoms with van der Waals surface area (Å²) < 4.78 is 29.3. The molecule has 0 atom stereocenters. The number of carbonyl (C=O) groups excluding carboxylic acids is 1. The van der Waals surface area contributed by atoms with Gasteiger partial charge in [-0.3, -0.25) is 4.79 Å². The molecule has 0 fully saturated rings. The molecule has 1 amide bonds. The highest BCUT2D eigenvalue weighted by atomic mass is 19.1. The summed E-state index contributed by atoms with van der Waals surface area (Å²) in [5, 5.41) is 0. The van der Waals surface area contributed by atoms with E-state index < -0.39 is 5.82 Å². The van der Waals surface area contributed by atoms with Crippen LogP contribution in [0, 0.1) is 11.6 Å². The highest BCUT2D eigenvalue weighted by Crippen LogP contribution is 2.16. The molecule has 0 saturated carbocycles. The molecule has 1 heterocycles. The quantitative estimate of drug-likeness (QED) is 0.651. The summed E-state index contributed by atoms with van der Waals surface area (Å²) in [6, 6.07) is 12.1. The van der Waals surface area contributed by atoms with Crippen molar-refractivity contribution in [3.05, 3.63) is 89.5 Å². The molecule has 6 heteroatoms. The first kappa shape index (κ1) is 18.8. The largest absolute Gasteiger partial charge is 0.329 e. The van der Waals surface area contributed by atoms with E-state index in [1.165, 1.54) is 24.3 Å². The third-order valence-electron chi connectivity index (χ3n) is 4.37. The van der Waals surface area contributed by atoms with E-state index in [-0.39, 0.29) is 29.9 Å². The van der Waals surface area contributed by atoms with E-state index in [4.69, 9.17) is 0 Å². The molecule has 0 N–H and O–H groups in total. The van der Waals surface area contributed by atoms with E-state index in [0.717, 1.165) is 0 Å². The molecular formula is C21H21F2N3O. The lowest BCUT2D eigenvalue weighted by atomic mass is 10.1. The molecule has 0 radical (unpaired) electrons. The van der Waals surface area contributed by atoms with Gasteiger partial charge in [-0.05, 0) is 38.1 Å². The molecule has 0 saturated heterocycles. The Labute approximate surface area is 157 Å². The Hall–Kier alpha value is -3.02. The van der Waals surface area contributed by atoms with Gasteiger partial charge < -0.3 is 9.47 Å². The summed E-state index contributed by atoms with van der Waals surface area (Å²) in [5.41, 5.74) is 0.834. The van der Waals surface area contributed by atoms with Crippen LogP contribution in [0.25, 0.3) is 0 Å². The lowest BCUT2D eigenvalue weighted by molar-refractivity contribution is 0.0682. The number of aromatic nitrogens is 2. The van der Waals surface area contributed by atoms with Crippen molar-refractivity contribution in [3.63, 3.8) is 0 Å². The molecule has 0 spiro atoms. The zero-order valence-electron chi connectivity index (χ0n) is 15.3. The van der Waals surface area contributed by atoms with Crippen LogP contribution in [0.2, 0.25) is 0 Å². The Morgan fingerprint density at radius 1 is 1.15 bits per heavy atom. The summed E-state index contributed by atoms with van der Waals surface area (Å²) in [6.07, 6.45) is 3.38. The van der Waals surface area contributed by atoms with Crippen molar-refractivity contribution in [1.29, 1.82) is 0 Å². The number of nitrogens with zero attached hydrogens (tertiary/aromatic N) is 3. The zero-order chi connectivity index (χ0) is 19.4. The maximum absolute atomic E-state index is 14.0. The topological polar surface area (TPSA) is 38.1 Å². The average molecular weight is 369 g/mol. The predicted molar refractivity (Wildman–Crippen MR) is 99.1 cm³/mol. The van der Waals surface area contributed by atoms with Gasteiger partial charge in [0.05, 0.1) is 13.1 Å². The number of hydrogen-bond acceptors (Lipinski definition) is 2. The molecule has 0 aliphatic carbocycles. The smallest absolute Gasteiger partial charge is 0.254 e. The molecule has 27 heavy (non-hydrogen) atoms. The van der Waals surface area contributed by atoms with E-state index in [1.54, 1.807) is 41.6 Å². The fourth-order valence-corrected chi connectivity index (χ4v) is 2.87. The second-order valence-corrected chi connectivity index (χ2v) is 6.60. The molecular weight excluding hydrogens is 348 g/mol. The summed E-state index contributed by atoms with van der Waals surface area (Å²) in [4.78, 5) is 18.8. The Morgan fingerprint density at radius 2 is 1.93 bits per heavy atom. The van der Waals surface area contributed by atoms with Crippen LogP contribution in [0.5, 0.6) is 0 Å². The number of imidazole rings is 1. The first-order valence-electron chi connectivity index (χ1n) is 8.75. The number of hydrogen-bond donors (Lipinski definition) is 0. The molecule has 0 bridgehead atoms. The summed E-state index contributed by atoms with van der Waals surface area (Å²) in [6.45, 7) is 4.35. The lowest BCUT2D eigenvalue weighted by Gasteiger charge is -2.27. The first-order valence-corrected chi connectivity index (χ1v) is 8.75. The van der Waals surface area contributed by atoms with Crippen LogP contribution >= 0.6 is 0 Å². The molecule has 3 aromatic rings. The van der Waals surface area contributed by atoms with Crippen molar-refractivity contribution >= 4 is 5.91 Å². The monoisotopic (exact) mass is 369 g/mol. The third kappa shape index (κ3) is 4.39. The van der Waals surface area contributed by atoms with E-state index in [2.05, 4.69) is 4.98 Å². The standard InChI is InChI=1S/C21H21F2N3O/c1-15(2)26(21(27)16-7-5-8-18(22)12-16)14-20-24-10-11-25(20)13-17-6-3-4-9-19(17)23/h3-12,15H,13-14H2,1-2H3. The van der Waals surface area contributed by atoms with Crippen molar-refractivity contribution < 1.29 is 13.6 Å². The fourth-order valence-electron chi connectivity index (χ4n) is 2.87. The molecule has 0 aliphatic rings. The fraction of sp³-hybridized carbons (Fsp3) is 0.238. The molecule has 0 unspecified atom stereocenters. The van der Waals surface area contributed by atoms with Gasteiger partial charge in [-0.15, -0.1) is 0 Å². The second kappa shape index (κ2) is 8.12. The minimum atomic E-state index is -0.453. The maximum Gasteiger partial charge on any atom is 0.254 e. The number of carbonyl (C=O) groups is 1. The van der Waals surface area contributed by atoms with Crippen LogP contribution in [0.3, 0.4) is 0 Å². The minimum absolute atomic E-state index is 0.112. The average Bonchev–Trinajstić information content (AvgIpc) is 3.07. The minimum Gasteiger partial charge on any atom is -0.329 e. The van der Waals surface area contributed by atoms with Crippen molar-refractivity contribution in [3.8, 4) is 0 Å². The lowest BCUT2D eigenvalue weighted by Crippen LogP contribution is -2.37. The van der Waals surface area contributed by atoms with Gasteiger partial charge in [0.15, 0.2) is 0 Å². The second-order valence-electron chi connectivity index (χ2n) is 6.60. The van der Waals surface area contributed by atoms with Gasteiger partial charge in [0.25, 0.3) is 5.91 Å². The van der Waals surface area contributed by atoms with Crippen molar-refractivity contribution in [2.45, 2.75) is 33.0 Å². The summed E-state index contributed by atoms with van der Waals surface area (Å²) in [7, 11) is 0. The molecule has 3 rings (SSSR count). The molecule has 1 aromatic heterocycles. The van der Waals surface area contributed by atoms with E-state index in [9.17, 15) is 13.6 Å². The van der Waals surface area contributed by atoms with Gasteiger partial charge in [0.2, 0.25) is 0 Å². The van der Waals surface area contributed by atoms with Gasteiger partial charge in [0.1, 0.15) is 17.5 Å². The van der Waals surface area contributed by atoms with Crippen LogP contribution in [0.1, 0.15) is 35.6 Å². The third-order valence-corrected chi connectivity index (χ3v) is 4.37. The van der Waals surface area contributed by atoms with Gasteiger partial charge in [-0.1, -0.05) is 24.3 Å². The Morgan fingerprint density at radius 3 is 2.63 bits per heavy atom. The Balaban J connectivity index is 1.83. The van der Waals surface area contributed by atoms with Gasteiger partial charge in [-0.2, -0.15) is 0 Å². The number of halogens is 2. The van der Waals surface area contributed by atoms with Crippen molar-refractivity contribution in [2.24, 2.45) is 0 Å². The summed E-state index contributed by atoms with van der Waals surface area (Å²) >= 11 is 0. The van der Waals surface area contributed by atoms with Crippen LogP contribution in [-0.4, -0.2) is 26.4 Å². The summed E-state index contributed by atoms with van der Waals surface area (Å²) in [5.74, 6) is -0.374. The van der Waals surface area contributed by atoms with Gasteiger partial charge in [-0.25, -0.2) is 13.8 Å². The normalized spacial score (nSPS) is 11.0. The Kier molecular flexibility index (Phi) is 5.64. The number of benzene rings is 2. The molecule has 2 aromatic carbocycles. The predicted octanol–water partition coefficient (Wildman–Crippen LogP) is 4.26. The van der Waals surface area contributed by atoms with Crippen LogP contribution in [0.4, 0.5) is 8.78 Å². The van der Waals surface area contributed by atoms with Crippen LogP contribution in [-0.2, 0) is 13.1 Å². The SMILES string of the molecule is CC(C)N(Cc1nccn1Cc1ccccc1F)C(=O)c1cccc(F)c1. The van der Waals surface area contributed by atoms with Gasteiger partial charge >= 0.3 is 0 Å². The highest BCUT2D eigenvalue weighted by Gasteiger charge is 2.21. The highest BCUT2D eigenvalue weighted by molar-refractivity contribution is 5.94. The number of amides is 1. The molecule has 0 aliphatic heterocycles. The molecule has 4 nitrogen and oxygen atoms in total. The van der Waals surface area contributed by atoms with E-state index in [0.29, 0.717) is 17.9 Å². The first-order chi connectivity index (χ1) is 13.0. The molecule has 140 valence electrons. The zero-order valence-corrected chi connectivity index (χ0v) is 15.3. The van der Waals surface area contributed by atoms with Crippen LogP contribution in [0.15, 0.2) is 60.9 Å². The number of rotatable bonds is 6. The maximum atomic E-state index is 14.0. The van der Waals surface area contributed by atoms with Crippen molar-refractivity contribution in [2.75, 3.05) is 0 Å².